The minimum absolute atomic E-state index is 0.626. The van der Waals surface area contributed by atoms with Crippen molar-refractivity contribution in [3.63, 3.8) is 0 Å². The van der Waals surface area contributed by atoms with E-state index in [1.807, 2.05) is 11.3 Å². The molecule has 0 aromatic carbocycles. The molecule has 1 aromatic heterocycles. The van der Waals surface area contributed by atoms with E-state index in [2.05, 4.69) is 47.8 Å². The van der Waals surface area contributed by atoms with E-state index < -0.39 is 0 Å². The van der Waals surface area contributed by atoms with Gasteiger partial charge in [0.25, 0.3) is 0 Å². The SMILES string of the molecule is CC1CCCC(NC2CCCc3sc(I)cc32)C1C. The number of nitrogens with one attached hydrogen (secondary N) is 1. The van der Waals surface area contributed by atoms with Crippen molar-refractivity contribution in [2.24, 2.45) is 11.8 Å². The minimum atomic E-state index is 0.626. The number of halogens is 1. The summed E-state index contributed by atoms with van der Waals surface area (Å²) in [6, 6.07) is 3.78. The van der Waals surface area contributed by atoms with E-state index in [9.17, 15) is 0 Å². The van der Waals surface area contributed by atoms with Crippen molar-refractivity contribution in [1.29, 1.82) is 0 Å². The van der Waals surface area contributed by atoms with E-state index in [1.165, 1.54) is 41.4 Å². The fourth-order valence-electron chi connectivity index (χ4n) is 3.77. The van der Waals surface area contributed by atoms with Crippen molar-refractivity contribution < 1.29 is 0 Å². The quantitative estimate of drug-likeness (QED) is 0.691. The molecule has 4 atom stereocenters. The van der Waals surface area contributed by atoms with Crippen LogP contribution in [0, 0.1) is 14.7 Å². The molecular weight excluding hydrogens is 365 g/mol. The topological polar surface area (TPSA) is 12.0 Å². The summed E-state index contributed by atoms with van der Waals surface area (Å²) < 4.78 is 1.46. The van der Waals surface area contributed by atoms with Gasteiger partial charge in [-0.05, 0) is 71.7 Å². The molecule has 0 amide bonds. The number of aryl methyl sites for hydroxylation is 1. The first-order valence-electron chi connectivity index (χ1n) is 7.69. The Balaban J connectivity index is 1.73. The highest BCUT2D eigenvalue weighted by molar-refractivity contribution is 14.1. The van der Waals surface area contributed by atoms with Gasteiger partial charge in [0.05, 0.1) is 2.88 Å². The number of hydrogen-bond donors (Lipinski definition) is 1. The molecule has 1 heterocycles. The van der Waals surface area contributed by atoms with Crippen LogP contribution in [0.4, 0.5) is 0 Å². The zero-order valence-electron chi connectivity index (χ0n) is 11.9. The van der Waals surface area contributed by atoms with Gasteiger partial charge >= 0.3 is 0 Å². The van der Waals surface area contributed by atoms with Gasteiger partial charge in [-0.1, -0.05) is 26.7 Å². The molecule has 0 saturated heterocycles. The highest BCUT2D eigenvalue weighted by Gasteiger charge is 2.31. The first-order chi connectivity index (χ1) is 9.15. The third-order valence-electron chi connectivity index (χ3n) is 5.21. The Morgan fingerprint density at radius 3 is 2.89 bits per heavy atom. The molecule has 106 valence electrons. The highest BCUT2D eigenvalue weighted by atomic mass is 127. The molecule has 1 nitrogen and oxygen atoms in total. The van der Waals surface area contributed by atoms with Crippen LogP contribution >= 0.6 is 33.9 Å². The molecule has 0 spiro atoms. The van der Waals surface area contributed by atoms with Crippen LogP contribution in [0.25, 0.3) is 0 Å². The second-order valence-corrected chi connectivity index (χ2v) is 9.45. The summed E-state index contributed by atoms with van der Waals surface area (Å²) in [7, 11) is 0. The van der Waals surface area contributed by atoms with E-state index in [0.717, 1.165) is 17.9 Å². The predicted octanol–water partition coefficient (Wildman–Crippen LogP) is 5.14. The summed E-state index contributed by atoms with van der Waals surface area (Å²) in [6.45, 7) is 4.88. The molecule has 1 fully saturated rings. The number of thiophene rings is 1. The van der Waals surface area contributed by atoms with E-state index in [-0.39, 0.29) is 0 Å². The van der Waals surface area contributed by atoms with E-state index in [0.29, 0.717) is 6.04 Å². The Labute approximate surface area is 134 Å². The molecule has 4 unspecified atom stereocenters. The fraction of sp³-hybridized carbons (Fsp3) is 0.750. The summed E-state index contributed by atoms with van der Waals surface area (Å²) in [6.07, 6.45) is 8.20. The van der Waals surface area contributed by atoms with Crippen LogP contribution in [-0.2, 0) is 6.42 Å². The summed E-state index contributed by atoms with van der Waals surface area (Å²) in [5.74, 6) is 1.72. The van der Waals surface area contributed by atoms with Gasteiger partial charge in [-0.15, -0.1) is 11.3 Å². The van der Waals surface area contributed by atoms with Crippen molar-refractivity contribution in [3.05, 3.63) is 19.4 Å². The van der Waals surface area contributed by atoms with Gasteiger partial charge in [-0.2, -0.15) is 0 Å². The van der Waals surface area contributed by atoms with Crippen LogP contribution in [0.15, 0.2) is 6.07 Å². The van der Waals surface area contributed by atoms with Gasteiger partial charge < -0.3 is 5.32 Å². The van der Waals surface area contributed by atoms with E-state index in [4.69, 9.17) is 0 Å². The zero-order valence-corrected chi connectivity index (χ0v) is 14.9. The van der Waals surface area contributed by atoms with Crippen molar-refractivity contribution >= 4 is 33.9 Å². The lowest BCUT2D eigenvalue weighted by atomic mass is 9.77. The first-order valence-corrected chi connectivity index (χ1v) is 9.59. The smallest absolute Gasteiger partial charge is 0.0659 e. The average molecular weight is 389 g/mol. The molecule has 2 aliphatic rings. The van der Waals surface area contributed by atoms with Gasteiger partial charge in [-0.25, -0.2) is 0 Å². The van der Waals surface area contributed by atoms with Crippen LogP contribution in [0.2, 0.25) is 0 Å². The maximum Gasteiger partial charge on any atom is 0.0659 e. The third kappa shape index (κ3) is 3.03. The summed E-state index contributed by atoms with van der Waals surface area (Å²) in [4.78, 5) is 1.64. The lowest BCUT2D eigenvalue weighted by molar-refractivity contribution is 0.189. The molecular formula is C16H24INS. The number of hydrogen-bond acceptors (Lipinski definition) is 2. The van der Waals surface area contributed by atoms with Crippen molar-refractivity contribution in [3.8, 4) is 0 Å². The van der Waals surface area contributed by atoms with Crippen molar-refractivity contribution in [2.75, 3.05) is 0 Å². The van der Waals surface area contributed by atoms with Gasteiger partial charge in [0, 0.05) is 17.0 Å². The van der Waals surface area contributed by atoms with Gasteiger partial charge in [0.2, 0.25) is 0 Å². The zero-order chi connectivity index (χ0) is 13.4. The maximum absolute atomic E-state index is 4.01. The largest absolute Gasteiger partial charge is 0.307 e. The second-order valence-electron chi connectivity index (χ2n) is 6.41. The second kappa shape index (κ2) is 6.02. The van der Waals surface area contributed by atoms with Crippen LogP contribution in [0.1, 0.15) is 62.4 Å². The number of fused-ring (bicyclic) bond motifs is 1. The predicted molar refractivity (Wildman–Crippen MR) is 91.8 cm³/mol. The monoisotopic (exact) mass is 389 g/mol. The Morgan fingerprint density at radius 2 is 2.05 bits per heavy atom. The van der Waals surface area contributed by atoms with Crippen LogP contribution in [-0.4, -0.2) is 6.04 Å². The molecule has 1 saturated carbocycles. The van der Waals surface area contributed by atoms with Gasteiger partial charge in [0.1, 0.15) is 0 Å². The highest BCUT2D eigenvalue weighted by Crippen LogP contribution is 2.38. The van der Waals surface area contributed by atoms with Gasteiger partial charge in [0.15, 0.2) is 0 Å². The minimum Gasteiger partial charge on any atom is -0.307 e. The first kappa shape index (κ1) is 14.3. The summed E-state index contributed by atoms with van der Waals surface area (Å²) >= 11 is 4.48. The lowest BCUT2D eigenvalue weighted by Crippen LogP contribution is -2.43. The molecule has 0 aliphatic heterocycles. The van der Waals surface area contributed by atoms with Gasteiger partial charge in [-0.3, -0.25) is 0 Å². The van der Waals surface area contributed by atoms with E-state index >= 15 is 0 Å². The third-order valence-corrected chi connectivity index (χ3v) is 7.18. The maximum atomic E-state index is 4.01. The normalized spacial score (nSPS) is 35.1. The Hall–Kier alpha value is 0.390. The van der Waals surface area contributed by atoms with Crippen LogP contribution in [0.5, 0.6) is 0 Å². The Bertz CT molecular complexity index is 442. The molecule has 1 N–H and O–H groups in total. The van der Waals surface area contributed by atoms with Crippen molar-refractivity contribution in [2.45, 2.75) is 64.5 Å². The fourth-order valence-corrected chi connectivity index (χ4v) is 5.89. The Kier molecular flexibility index (Phi) is 4.54. The molecule has 19 heavy (non-hydrogen) atoms. The van der Waals surface area contributed by atoms with Crippen LogP contribution in [0.3, 0.4) is 0 Å². The molecule has 0 bridgehead atoms. The number of rotatable bonds is 2. The lowest BCUT2D eigenvalue weighted by Gasteiger charge is -2.38. The molecule has 2 aliphatic carbocycles. The van der Waals surface area contributed by atoms with Crippen molar-refractivity contribution in [1.82, 2.24) is 5.32 Å². The summed E-state index contributed by atoms with van der Waals surface area (Å²) in [5.41, 5.74) is 1.62. The van der Waals surface area contributed by atoms with Crippen LogP contribution < -0.4 is 5.32 Å². The molecule has 3 heteroatoms. The standard InChI is InChI=1S/C16H24INS/c1-10-5-3-6-13(11(10)2)18-14-7-4-8-15-12(14)9-16(17)19-15/h9-11,13-14,18H,3-8H2,1-2H3. The average Bonchev–Trinajstić information content (AvgIpc) is 2.76. The Morgan fingerprint density at radius 1 is 1.21 bits per heavy atom. The van der Waals surface area contributed by atoms with E-state index in [1.54, 1.807) is 10.4 Å². The summed E-state index contributed by atoms with van der Waals surface area (Å²) in [5, 5.41) is 4.01. The molecule has 1 aromatic rings. The molecule has 0 radical (unpaired) electrons. The molecule has 3 rings (SSSR count).